The predicted molar refractivity (Wildman–Crippen MR) is 85.2 cm³/mol. The standard InChI is InChI=1S/C18H19ClO2/c1-11-4-6-13(15(19)8-11)17(20)12-5-7-16-14(9-12)18(2,3)10-21-16/h4-9,17,20H,10H2,1-3H3. The van der Waals surface area contributed by atoms with Crippen molar-refractivity contribution >= 4 is 11.6 Å². The number of aryl methyl sites for hydroxylation is 1. The first-order valence-electron chi connectivity index (χ1n) is 7.10. The lowest BCUT2D eigenvalue weighted by Gasteiger charge is -2.18. The average Bonchev–Trinajstić information content (AvgIpc) is 2.74. The van der Waals surface area contributed by atoms with Crippen molar-refractivity contribution in [3.63, 3.8) is 0 Å². The van der Waals surface area contributed by atoms with Gasteiger partial charge in [0.1, 0.15) is 11.9 Å². The third-order valence-electron chi connectivity index (χ3n) is 4.09. The van der Waals surface area contributed by atoms with Crippen molar-refractivity contribution in [2.24, 2.45) is 0 Å². The molecular weight excluding hydrogens is 284 g/mol. The fourth-order valence-electron chi connectivity index (χ4n) is 2.74. The molecule has 1 N–H and O–H groups in total. The number of benzene rings is 2. The Labute approximate surface area is 130 Å². The molecule has 0 aromatic heterocycles. The third kappa shape index (κ3) is 2.54. The average molecular weight is 303 g/mol. The smallest absolute Gasteiger partial charge is 0.123 e. The van der Waals surface area contributed by atoms with Crippen LogP contribution in [0.25, 0.3) is 0 Å². The zero-order valence-electron chi connectivity index (χ0n) is 12.5. The highest BCUT2D eigenvalue weighted by atomic mass is 35.5. The molecule has 0 fully saturated rings. The van der Waals surface area contributed by atoms with Gasteiger partial charge in [-0.3, -0.25) is 0 Å². The molecule has 1 atom stereocenters. The van der Waals surface area contributed by atoms with Gasteiger partial charge < -0.3 is 9.84 Å². The monoisotopic (exact) mass is 302 g/mol. The lowest BCUT2D eigenvalue weighted by Crippen LogP contribution is -2.18. The van der Waals surface area contributed by atoms with Crippen LogP contribution in [0.15, 0.2) is 36.4 Å². The molecule has 2 aromatic rings. The van der Waals surface area contributed by atoms with Gasteiger partial charge in [0, 0.05) is 21.6 Å². The summed E-state index contributed by atoms with van der Waals surface area (Å²) in [6.07, 6.45) is -0.722. The summed E-state index contributed by atoms with van der Waals surface area (Å²) in [6, 6.07) is 11.6. The van der Waals surface area contributed by atoms with Crippen molar-refractivity contribution in [3.05, 3.63) is 63.7 Å². The lowest BCUT2D eigenvalue weighted by atomic mass is 9.85. The molecule has 2 nitrogen and oxygen atoms in total. The summed E-state index contributed by atoms with van der Waals surface area (Å²) in [4.78, 5) is 0. The Morgan fingerprint density at radius 2 is 1.95 bits per heavy atom. The van der Waals surface area contributed by atoms with Crippen molar-refractivity contribution in [2.75, 3.05) is 6.61 Å². The van der Waals surface area contributed by atoms with Crippen LogP contribution in [0.1, 0.15) is 42.2 Å². The molecule has 3 heteroatoms. The number of aliphatic hydroxyl groups is 1. The van der Waals surface area contributed by atoms with Gasteiger partial charge in [-0.25, -0.2) is 0 Å². The first kappa shape index (κ1) is 14.4. The van der Waals surface area contributed by atoms with Gasteiger partial charge in [0.25, 0.3) is 0 Å². The van der Waals surface area contributed by atoms with Gasteiger partial charge >= 0.3 is 0 Å². The summed E-state index contributed by atoms with van der Waals surface area (Å²) < 4.78 is 5.69. The molecule has 1 heterocycles. The van der Waals surface area contributed by atoms with Crippen LogP contribution in [0.4, 0.5) is 0 Å². The fourth-order valence-corrected chi connectivity index (χ4v) is 3.08. The molecule has 0 bridgehead atoms. The second kappa shape index (κ2) is 5.04. The maximum atomic E-state index is 10.6. The minimum Gasteiger partial charge on any atom is -0.492 e. The molecule has 21 heavy (non-hydrogen) atoms. The van der Waals surface area contributed by atoms with E-state index in [2.05, 4.69) is 13.8 Å². The highest BCUT2D eigenvalue weighted by Crippen LogP contribution is 2.40. The summed E-state index contributed by atoms with van der Waals surface area (Å²) in [5.41, 5.74) is 3.78. The highest BCUT2D eigenvalue weighted by molar-refractivity contribution is 6.31. The van der Waals surface area contributed by atoms with Gasteiger partial charge in [-0.15, -0.1) is 0 Å². The van der Waals surface area contributed by atoms with Crippen LogP contribution in [-0.4, -0.2) is 11.7 Å². The molecule has 110 valence electrons. The quantitative estimate of drug-likeness (QED) is 0.891. The summed E-state index contributed by atoms with van der Waals surface area (Å²) in [6.45, 7) is 6.95. The van der Waals surface area contributed by atoms with Crippen molar-refractivity contribution in [1.82, 2.24) is 0 Å². The molecular formula is C18H19ClO2. The molecule has 1 aliphatic rings. The van der Waals surface area contributed by atoms with Crippen molar-refractivity contribution in [1.29, 1.82) is 0 Å². The molecule has 0 radical (unpaired) electrons. The first-order chi connectivity index (χ1) is 9.88. The Bertz CT molecular complexity index is 692. The van der Waals surface area contributed by atoms with Crippen LogP contribution in [0.2, 0.25) is 5.02 Å². The van der Waals surface area contributed by atoms with E-state index in [0.717, 1.165) is 28.0 Å². The van der Waals surface area contributed by atoms with Crippen LogP contribution in [-0.2, 0) is 5.41 Å². The van der Waals surface area contributed by atoms with Crippen LogP contribution in [0.5, 0.6) is 5.75 Å². The van der Waals surface area contributed by atoms with E-state index >= 15 is 0 Å². The van der Waals surface area contributed by atoms with Gasteiger partial charge in [0.2, 0.25) is 0 Å². The van der Waals surface area contributed by atoms with E-state index in [1.807, 2.05) is 43.3 Å². The van der Waals surface area contributed by atoms with Crippen molar-refractivity contribution in [2.45, 2.75) is 32.3 Å². The van der Waals surface area contributed by atoms with Crippen LogP contribution in [0, 0.1) is 6.92 Å². The normalized spacial score (nSPS) is 17.2. The van der Waals surface area contributed by atoms with Crippen molar-refractivity contribution < 1.29 is 9.84 Å². The maximum absolute atomic E-state index is 10.6. The molecule has 0 spiro atoms. The summed E-state index contributed by atoms with van der Waals surface area (Å²) in [5.74, 6) is 0.908. The van der Waals surface area contributed by atoms with Crippen LogP contribution in [0.3, 0.4) is 0 Å². The Morgan fingerprint density at radius 3 is 2.67 bits per heavy atom. The first-order valence-corrected chi connectivity index (χ1v) is 7.47. The van der Waals surface area contributed by atoms with Crippen LogP contribution < -0.4 is 4.74 Å². The lowest BCUT2D eigenvalue weighted by molar-refractivity contribution is 0.220. The van der Waals surface area contributed by atoms with Gasteiger partial charge in [0.15, 0.2) is 0 Å². The number of aliphatic hydroxyl groups excluding tert-OH is 1. The molecule has 2 aromatic carbocycles. The largest absolute Gasteiger partial charge is 0.492 e. The Balaban J connectivity index is 2.01. The molecule has 1 aliphatic heterocycles. The van der Waals surface area contributed by atoms with E-state index in [9.17, 15) is 5.11 Å². The number of halogens is 1. The van der Waals surface area contributed by atoms with E-state index in [0.29, 0.717) is 11.6 Å². The van der Waals surface area contributed by atoms with E-state index in [1.165, 1.54) is 0 Å². The molecule has 0 saturated carbocycles. The van der Waals surface area contributed by atoms with Gasteiger partial charge in [-0.1, -0.05) is 43.6 Å². The minimum atomic E-state index is -0.722. The highest BCUT2D eigenvalue weighted by Gasteiger charge is 2.32. The number of hydrogen-bond acceptors (Lipinski definition) is 2. The number of ether oxygens (including phenoxy) is 1. The molecule has 0 aliphatic carbocycles. The second-order valence-corrected chi connectivity index (χ2v) is 6.76. The summed E-state index contributed by atoms with van der Waals surface area (Å²) in [5, 5.41) is 11.2. The number of rotatable bonds is 2. The zero-order chi connectivity index (χ0) is 15.2. The Hall–Kier alpha value is -1.51. The number of hydrogen-bond donors (Lipinski definition) is 1. The van der Waals surface area contributed by atoms with Gasteiger partial charge in [0.05, 0.1) is 6.61 Å². The van der Waals surface area contributed by atoms with E-state index in [4.69, 9.17) is 16.3 Å². The van der Waals surface area contributed by atoms with E-state index in [1.54, 1.807) is 0 Å². The summed E-state index contributed by atoms with van der Waals surface area (Å²) >= 11 is 6.26. The molecule has 3 rings (SSSR count). The molecule has 0 amide bonds. The fraction of sp³-hybridized carbons (Fsp3) is 0.333. The SMILES string of the molecule is Cc1ccc(C(O)c2ccc3c(c2)C(C)(C)CO3)c(Cl)c1. The van der Waals surface area contributed by atoms with Gasteiger partial charge in [-0.05, 0) is 36.2 Å². The molecule has 0 saturated heterocycles. The Kier molecular flexibility index (Phi) is 3.46. The van der Waals surface area contributed by atoms with E-state index in [-0.39, 0.29) is 5.41 Å². The Morgan fingerprint density at radius 1 is 1.19 bits per heavy atom. The van der Waals surface area contributed by atoms with Crippen LogP contribution >= 0.6 is 11.6 Å². The maximum Gasteiger partial charge on any atom is 0.123 e. The summed E-state index contributed by atoms with van der Waals surface area (Å²) in [7, 11) is 0. The second-order valence-electron chi connectivity index (χ2n) is 6.36. The van der Waals surface area contributed by atoms with Crippen molar-refractivity contribution in [3.8, 4) is 5.75 Å². The third-order valence-corrected chi connectivity index (χ3v) is 4.41. The zero-order valence-corrected chi connectivity index (χ0v) is 13.2. The van der Waals surface area contributed by atoms with Gasteiger partial charge in [-0.2, -0.15) is 0 Å². The minimum absolute atomic E-state index is 0.0257. The van der Waals surface area contributed by atoms with E-state index < -0.39 is 6.10 Å². The molecule has 1 unspecified atom stereocenters. The topological polar surface area (TPSA) is 29.5 Å². The number of fused-ring (bicyclic) bond motifs is 1. The predicted octanol–water partition coefficient (Wildman–Crippen LogP) is 4.40.